The number of rotatable bonds is 4. The molecule has 3 rings (SSSR count). The van der Waals surface area contributed by atoms with E-state index >= 15 is 0 Å². The standard InChI is InChI=1S/C15H18N6OS2/c1-8(23-15-19-14(17)20-21-15)12(22)18-13-10(7-16)9-5-3-2-4-6-11(9)24-13/h8H,2-6H2,1H3,(H,18,22)(H3,17,19,20,21)/t8-/m1/s1. The minimum Gasteiger partial charge on any atom is -0.368 e. The zero-order chi connectivity index (χ0) is 17.1. The number of carbonyl (C=O) groups is 1. The van der Waals surface area contributed by atoms with Crippen molar-refractivity contribution in [1.29, 1.82) is 5.26 Å². The van der Waals surface area contributed by atoms with Gasteiger partial charge in [-0.15, -0.1) is 16.4 Å². The van der Waals surface area contributed by atoms with Crippen LogP contribution >= 0.6 is 23.1 Å². The second-order valence-corrected chi connectivity index (χ2v) is 8.05. The molecule has 7 nitrogen and oxygen atoms in total. The maximum Gasteiger partial charge on any atom is 0.238 e. The maximum atomic E-state index is 12.4. The van der Waals surface area contributed by atoms with E-state index in [1.807, 2.05) is 0 Å². The number of aromatic amines is 1. The van der Waals surface area contributed by atoms with Crippen LogP contribution in [0.15, 0.2) is 5.16 Å². The highest BCUT2D eigenvalue weighted by atomic mass is 32.2. The molecule has 2 aromatic heterocycles. The summed E-state index contributed by atoms with van der Waals surface area (Å²) in [4.78, 5) is 17.7. The van der Waals surface area contributed by atoms with Gasteiger partial charge in [0.05, 0.1) is 10.8 Å². The lowest BCUT2D eigenvalue weighted by Crippen LogP contribution is -2.22. The second kappa shape index (κ2) is 7.23. The highest BCUT2D eigenvalue weighted by Crippen LogP contribution is 2.37. The molecule has 9 heteroatoms. The van der Waals surface area contributed by atoms with E-state index in [0.717, 1.165) is 31.2 Å². The number of nitrogen functional groups attached to an aromatic ring is 1. The number of nitrogens with zero attached hydrogens (tertiary/aromatic N) is 3. The lowest BCUT2D eigenvalue weighted by Gasteiger charge is -2.09. The summed E-state index contributed by atoms with van der Waals surface area (Å²) in [6.07, 6.45) is 5.35. The van der Waals surface area contributed by atoms with Crippen LogP contribution in [0.3, 0.4) is 0 Å². The molecule has 1 aliphatic rings. The Morgan fingerprint density at radius 1 is 1.46 bits per heavy atom. The Hall–Kier alpha value is -2.05. The Morgan fingerprint density at radius 2 is 2.25 bits per heavy atom. The number of aryl methyl sites for hydroxylation is 1. The number of hydrogen-bond donors (Lipinski definition) is 3. The van der Waals surface area contributed by atoms with Gasteiger partial charge in [-0.25, -0.2) is 5.10 Å². The number of H-pyrrole nitrogens is 1. The van der Waals surface area contributed by atoms with Crippen molar-refractivity contribution < 1.29 is 4.79 Å². The molecule has 1 amide bonds. The molecule has 0 bridgehead atoms. The monoisotopic (exact) mass is 362 g/mol. The van der Waals surface area contributed by atoms with Crippen LogP contribution in [0.25, 0.3) is 0 Å². The van der Waals surface area contributed by atoms with E-state index in [4.69, 9.17) is 5.73 Å². The van der Waals surface area contributed by atoms with E-state index in [2.05, 4.69) is 26.6 Å². The summed E-state index contributed by atoms with van der Waals surface area (Å²) in [5.41, 5.74) is 7.23. The molecule has 1 atom stereocenters. The largest absolute Gasteiger partial charge is 0.368 e. The topological polar surface area (TPSA) is 120 Å². The van der Waals surface area contributed by atoms with E-state index in [1.165, 1.54) is 34.4 Å². The third-order valence-corrected chi connectivity index (χ3v) is 6.07. The molecule has 0 spiro atoms. The highest BCUT2D eigenvalue weighted by Gasteiger charge is 2.23. The van der Waals surface area contributed by atoms with Crippen LogP contribution in [0.4, 0.5) is 10.9 Å². The fourth-order valence-electron chi connectivity index (χ4n) is 2.69. The average Bonchev–Trinajstić information content (AvgIpc) is 3.02. The quantitative estimate of drug-likeness (QED) is 0.568. The first kappa shape index (κ1) is 16.8. The molecule has 0 fully saturated rings. The second-order valence-electron chi connectivity index (χ2n) is 5.63. The van der Waals surface area contributed by atoms with Crippen LogP contribution in [0.2, 0.25) is 0 Å². The Labute approximate surface area is 148 Å². The summed E-state index contributed by atoms with van der Waals surface area (Å²) >= 11 is 2.75. The normalized spacial score (nSPS) is 15.2. The Balaban J connectivity index is 1.73. The van der Waals surface area contributed by atoms with Gasteiger partial charge in [0.25, 0.3) is 0 Å². The van der Waals surface area contributed by atoms with E-state index < -0.39 is 5.25 Å². The van der Waals surface area contributed by atoms with Crippen molar-refractivity contribution in [2.24, 2.45) is 0 Å². The first-order chi connectivity index (χ1) is 11.6. The maximum absolute atomic E-state index is 12.4. The number of thioether (sulfide) groups is 1. The molecular formula is C15H18N6OS2. The predicted molar refractivity (Wildman–Crippen MR) is 95.0 cm³/mol. The summed E-state index contributed by atoms with van der Waals surface area (Å²) < 4.78 is 0. The van der Waals surface area contributed by atoms with Crippen LogP contribution in [-0.2, 0) is 17.6 Å². The summed E-state index contributed by atoms with van der Waals surface area (Å²) in [5, 5.41) is 19.6. The molecule has 2 heterocycles. The number of nitrogens with one attached hydrogen (secondary N) is 2. The number of amides is 1. The van der Waals surface area contributed by atoms with Gasteiger partial charge < -0.3 is 11.1 Å². The summed E-state index contributed by atoms with van der Waals surface area (Å²) in [6.45, 7) is 1.77. The molecule has 0 saturated heterocycles. The minimum absolute atomic E-state index is 0.170. The zero-order valence-electron chi connectivity index (χ0n) is 13.3. The smallest absolute Gasteiger partial charge is 0.238 e. The lowest BCUT2D eigenvalue weighted by molar-refractivity contribution is -0.115. The number of nitrogens with two attached hydrogens (primary N) is 1. The van der Waals surface area contributed by atoms with Crippen LogP contribution in [-0.4, -0.2) is 26.3 Å². The number of hydrogen-bond acceptors (Lipinski definition) is 7. The van der Waals surface area contributed by atoms with Crippen molar-refractivity contribution in [3.63, 3.8) is 0 Å². The van der Waals surface area contributed by atoms with Crippen LogP contribution in [0, 0.1) is 11.3 Å². The molecule has 0 unspecified atom stereocenters. The molecule has 4 N–H and O–H groups in total. The van der Waals surface area contributed by atoms with Crippen LogP contribution in [0.5, 0.6) is 0 Å². The van der Waals surface area contributed by atoms with E-state index in [9.17, 15) is 10.1 Å². The molecule has 2 aromatic rings. The molecular weight excluding hydrogens is 344 g/mol. The number of anilines is 2. The first-order valence-electron chi connectivity index (χ1n) is 7.78. The highest BCUT2D eigenvalue weighted by molar-refractivity contribution is 8.00. The van der Waals surface area contributed by atoms with Crippen LogP contribution < -0.4 is 11.1 Å². The summed E-state index contributed by atoms with van der Waals surface area (Å²) in [5.74, 6) is 0.0511. The summed E-state index contributed by atoms with van der Waals surface area (Å²) in [7, 11) is 0. The van der Waals surface area contributed by atoms with Gasteiger partial charge in [0.2, 0.25) is 17.0 Å². The van der Waals surface area contributed by atoms with Gasteiger partial charge in [0.1, 0.15) is 11.1 Å². The van der Waals surface area contributed by atoms with E-state index in [-0.39, 0.29) is 11.9 Å². The molecule has 0 aromatic carbocycles. The Kier molecular flexibility index (Phi) is 5.06. The SMILES string of the molecule is C[C@@H](Sc1n[nH]c(N)n1)C(=O)Nc1sc2c(c1C#N)CCCCC2. The molecule has 24 heavy (non-hydrogen) atoms. The van der Waals surface area contributed by atoms with Gasteiger partial charge in [0.15, 0.2) is 0 Å². The van der Waals surface area contributed by atoms with Crippen molar-refractivity contribution in [3.05, 3.63) is 16.0 Å². The Morgan fingerprint density at radius 3 is 2.96 bits per heavy atom. The third kappa shape index (κ3) is 3.55. The zero-order valence-corrected chi connectivity index (χ0v) is 14.9. The number of nitriles is 1. The fourth-order valence-corrected chi connectivity index (χ4v) is 4.66. The number of thiophene rings is 1. The predicted octanol–water partition coefficient (Wildman–Crippen LogP) is 2.71. The number of carbonyl (C=O) groups excluding carboxylic acids is 1. The average molecular weight is 362 g/mol. The molecule has 126 valence electrons. The van der Waals surface area contributed by atoms with Crippen molar-refractivity contribution in [2.75, 3.05) is 11.1 Å². The molecule has 1 aliphatic carbocycles. The molecule has 0 aliphatic heterocycles. The Bertz CT molecular complexity index is 790. The van der Waals surface area contributed by atoms with Crippen molar-refractivity contribution in [1.82, 2.24) is 15.2 Å². The van der Waals surface area contributed by atoms with Crippen molar-refractivity contribution in [2.45, 2.75) is 49.4 Å². The number of aromatic nitrogens is 3. The third-order valence-electron chi connectivity index (χ3n) is 3.90. The van der Waals surface area contributed by atoms with Gasteiger partial charge in [-0.2, -0.15) is 10.2 Å². The molecule has 0 saturated carbocycles. The van der Waals surface area contributed by atoms with Crippen molar-refractivity contribution >= 4 is 40.0 Å². The van der Waals surface area contributed by atoms with Gasteiger partial charge >= 0.3 is 0 Å². The lowest BCUT2D eigenvalue weighted by atomic mass is 10.1. The van der Waals surface area contributed by atoms with Gasteiger partial charge in [0, 0.05) is 4.88 Å². The number of fused-ring (bicyclic) bond motifs is 1. The van der Waals surface area contributed by atoms with Crippen LogP contribution in [0.1, 0.15) is 42.2 Å². The minimum atomic E-state index is -0.395. The van der Waals surface area contributed by atoms with E-state index in [0.29, 0.717) is 15.7 Å². The first-order valence-corrected chi connectivity index (χ1v) is 9.48. The van der Waals surface area contributed by atoms with Gasteiger partial charge in [-0.3, -0.25) is 4.79 Å². The van der Waals surface area contributed by atoms with Crippen molar-refractivity contribution in [3.8, 4) is 6.07 Å². The fraction of sp³-hybridized carbons (Fsp3) is 0.467. The van der Waals surface area contributed by atoms with Gasteiger partial charge in [-0.1, -0.05) is 18.2 Å². The van der Waals surface area contributed by atoms with E-state index in [1.54, 1.807) is 6.92 Å². The summed E-state index contributed by atoms with van der Waals surface area (Å²) in [6, 6.07) is 2.27. The molecule has 0 radical (unpaired) electrons. The van der Waals surface area contributed by atoms with Gasteiger partial charge in [-0.05, 0) is 38.2 Å².